The van der Waals surface area contributed by atoms with Gasteiger partial charge in [0.2, 0.25) is 23.8 Å². The summed E-state index contributed by atoms with van der Waals surface area (Å²) in [5.41, 5.74) is -0.894. The number of rotatable bonds is 5. The highest BCUT2D eigenvalue weighted by molar-refractivity contribution is 5.88. The third kappa shape index (κ3) is 5.31. The van der Waals surface area contributed by atoms with E-state index in [0.717, 1.165) is 6.07 Å². The molecule has 0 amide bonds. The maximum Gasteiger partial charge on any atom is 0.238 e. The summed E-state index contributed by atoms with van der Waals surface area (Å²) in [6, 6.07) is 7.99. The van der Waals surface area contributed by atoms with Crippen LogP contribution in [0, 0.1) is 0 Å². The average molecular weight is 579 g/mol. The smallest absolute Gasteiger partial charge is 0.238 e. The number of aromatic hydroxyl groups is 2. The van der Waals surface area contributed by atoms with Crippen LogP contribution in [0.4, 0.5) is 0 Å². The van der Waals surface area contributed by atoms with Crippen molar-refractivity contribution in [3.8, 4) is 34.3 Å². The summed E-state index contributed by atoms with van der Waals surface area (Å²) >= 11 is 0. The van der Waals surface area contributed by atoms with Crippen LogP contribution in [0.15, 0.2) is 45.6 Å². The summed E-state index contributed by atoms with van der Waals surface area (Å²) in [6.07, 6.45) is -13.2. The van der Waals surface area contributed by atoms with Crippen molar-refractivity contribution >= 4 is 11.0 Å². The van der Waals surface area contributed by atoms with E-state index < -0.39 is 78.3 Å². The van der Waals surface area contributed by atoms with Gasteiger partial charge >= 0.3 is 0 Å². The molecule has 0 saturated carbocycles. The second-order valence-electron chi connectivity index (χ2n) is 10.0. The standard InChI is InChI=1S/C27H30O14/c1-9-17(29)20(32)23(35)26(37-9)39-12-5-3-11(4-6-12)25-22(34)19(31)16-14(28)7-13(8-15(16)41-25)40-27-24(36)21(33)18(30)10(2)38-27/h3-10,17-18,20-21,23-24,26-30,32-36H,1-2H3/t9-,10-,17+,18-,20-,21+,23+,24-,26-,27-/m1/s1. The number of hydrogen-bond donors (Lipinski definition) is 8. The second-order valence-corrected chi connectivity index (χ2v) is 10.0. The zero-order valence-corrected chi connectivity index (χ0v) is 21.8. The van der Waals surface area contributed by atoms with Crippen molar-refractivity contribution in [1.82, 2.24) is 0 Å². The van der Waals surface area contributed by atoms with Crippen molar-refractivity contribution in [2.24, 2.45) is 0 Å². The molecule has 2 fully saturated rings. The molecule has 0 bridgehead atoms. The molecular formula is C27H30O14. The quantitative estimate of drug-likeness (QED) is 0.187. The summed E-state index contributed by atoms with van der Waals surface area (Å²) in [6.45, 7) is 2.98. The normalized spacial score (nSPS) is 34.0. The zero-order valence-electron chi connectivity index (χ0n) is 21.8. The van der Waals surface area contributed by atoms with Gasteiger partial charge in [0.1, 0.15) is 64.8 Å². The maximum absolute atomic E-state index is 12.9. The zero-order chi connectivity index (χ0) is 29.7. The molecule has 2 aromatic carbocycles. The van der Waals surface area contributed by atoms with Crippen LogP contribution >= 0.6 is 0 Å². The Kier molecular flexibility index (Phi) is 7.84. The van der Waals surface area contributed by atoms with Crippen LogP contribution < -0.4 is 14.9 Å². The van der Waals surface area contributed by atoms with Gasteiger partial charge in [-0.1, -0.05) is 0 Å². The van der Waals surface area contributed by atoms with Gasteiger partial charge in [-0.25, -0.2) is 0 Å². The number of benzene rings is 2. The maximum atomic E-state index is 12.9. The van der Waals surface area contributed by atoms with Crippen molar-refractivity contribution in [1.29, 1.82) is 0 Å². The van der Waals surface area contributed by atoms with Gasteiger partial charge in [-0.3, -0.25) is 4.79 Å². The third-order valence-electron chi connectivity index (χ3n) is 7.16. The first-order valence-electron chi connectivity index (χ1n) is 12.7. The molecule has 5 rings (SSSR count). The molecule has 0 unspecified atom stereocenters. The summed E-state index contributed by atoms with van der Waals surface area (Å²) in [5.74, 6) is -1.55. The van der Waals surface area contributed by atoms with E-state index in [1.54, 1.807) is 0 Å². The SMILES string of the molecule is C[C@H]1O[C@H](Oc2ccc(-c3oc4cc(O[C@H]5O[C@H](C)[C@@H](O)[C@H](O)[C@H]5O)cc(O)c4c(=O)c3O)cc2)[C@@H](O)[C@H](O)[C@H]1O. The Hall–Kier alpha value is -3.47. The fourth-order valence-electron chi connectivity index (χ4n) is 4.70. The van der Waals surface area contributed by atoms with E-state index in [2.05, 4.69) is 0 Å². The van der Waals surface area contributed by atoms with Gasteiger partial charge in [-0.15, -0.1) is 0 Å². The molecule has 2 aliphatic rings. The number of fused-ring (bicyclic) bond motifs is 1. The molecule has 14 nitrogen and oxygen atoms in total. The van der Waals surface area contributed by atoms with Gasteiger partial charge in [0.15, 0.2) is 5.76 Å². The van der Waals surface area contributed by atoms with E-state index in [4.69, 9.17) is 23.4 Å². The predicted octanol–water partition coefficient (Wildman–Crippen LogP) is -0.716. The monoisotopic (exact) mass is 578 g/mol. The summed E-state index contributed by atoms with van der Waals surface area (Å²) in [5, 5.41) is 80.9. The van der Waals surface area contributed by atoms with Crippen molar-refractivity contribution in [3.63, 3.8) is 0 Å². The Morgan fingerprint density at radius 3 is 1.73 bits per heavy atom. The van der Waals surface area contributed by atoms with E-state index in [1.807, 2.05) is 0 Å². The van der Waals surface area contributed by atoms with Gasteiger partial charge in [0.25, 0.3) is 0 Å². The molecule has 0 radical (unpaired) electrons. The molecule has 0 spiro atoms. The van der Waals surface area contributed by atoms with Gasteiger partial charge in [0.05, 0.1) is 12.2 Å². The molecule has 14 heteroatoms. The first-order chi connectivity index (χ1) is 19.4. The number of aliphatic hydroxyl groups excluding tert-OH is 6. The lowest BCUT2D eigenvalue weighted by atomic mass is 10.00. The molecule has 3 aromatic rings. The van der Waals surface area contributed by atoms with E-state index in [-0.39, 0.29) is 33.8 Å². The Labute approximate surface area is 231 Å². The van der Waals surface area contributed by atoms with E-state index in [0.29, 0.717) is 0 Å². The minimum Gasteiger partial charge on any atom is -0.507 e. The van der Waals surface area contributed by atoms with Crippen LogP contribution in [0.25, 0.3) is 22.3 Å². The minimum atomic E-state index is -1.63. The van der Waals surface area contributed by atoms with Crippen LogP contribution in [-0.4, -0.2) is 102 Å². The molecular weight excluding hydrogens is 548 g/mol. The van der Waals surface area contributed by atoms with Crippen LogP contribution in [0.5, 0.6) is 23.0 Å². The Bertz CT molecular complexity index is 1460. The topological polar surface area (TPSA) is 229 Å². The minimum absolute atomic E-state index is 0.106. The molecule has 0 aliphatic carbocycles. The van der Waals surface area contributed by atoms with Crippen molar-refractivity contribution < 1.29 is 64.2 Å². The van der Waals surface area contributed by atoms with Gasteiger partial charge in [0, 0.05) is 17.7 Å². The average Bonchev–Trinajstić information content (AvgIpc) is 2.94. The molecule has 2 aliphatic heterocycles. The highest BCUT2D eigenvalue weighted by Gasteiger charge is 2.44. The summed E-state index contributed by atoms with van der Waals surface area (Å²) in [7, 11) is 0. The number of phenols is 1. The lowest BCUT2D eigenvalue weighted by molar-refractivity contribution is -0.268. The van der Waals surface area contributed by atoms with Crippen LogP contribution in [0.2, 0.25) is 0 Å². The first kappa shape index (κ1) is 29.0. The predicted molar refractivity (Wildman–Crippen MR) is 137 cm³/mol. The van der Waals surface area contributed by atoms with E-state index in [1.165, 1.54) is 44.2 Å². The van der Waals surface area contributed by atoms with E-state index in [9.17, 15) is 45.6 Å². The Morgan fingerprint density at radius 1 is 0.683 bits per heavy atom. The molecule has 1 aromatic heterocycles. The third-order valence-corrected chi connectivity index (χ3v) is 7.16. The number of phenolic OH excluding ortho intramolecular Hbond substituents is 1. The highest BCUT2D eigenvalue weighted by atomic mass is 16.7. The van der Waals surface area contributed by atoms with Crippen LogP contribution in [0.1, 0.15) is 13.8 Å². The van der Waals surface area contributed by atoms with E-state index >= 15 is 0 Å². The fraction of sp³-hybridized carbons (Fsp3) is 0.444. The summed E-state index contributed by atoms with van der Waals surface area (Å²) in [4.78, 5) is 12.9. The Morgan fingerprint density at radius 2 is 1.20 bits per heavy atom. The molecule has 10 atom stereocenters. The largest absolute Gasteiger partial charge is 0.507 e. The summed E-state index contributed by atoms with van der Waals surface area (Å²) < 4.78 is 27.7. The number of hydrogen-bond acceptors (Lipinski definition) is 14. The molecule has 8 N–H and O–H groups in total. The van der Waals surface area contributed by atoms with Gasteiger partial charge in [-0.05, 0) is 38.1 Å². The Balaban J connectivity index is 1.41. The van der Waals surface area contributed by atoms with Crippen molar-refractivity contribution in [3.05, 3.63) is 46.6 Å². The second kappa shape index (κ2) is 11.1. The highest BCUT2D eigenvalue weighted by Crippen LogP contribution is 2.37. The first-order valence-corrected chi connectivity index (χ1v) is 12.7. The van der Waals surface area contributed by atoms with Crippen LogP contribution in [0.3, 0.4) is 0 Å². The lowest BCUT2D eigenvalue weighted by Gasteiger charge is -2.38. The molecule has 41 heavy (non-hydrogen) atoms. The number of ether oxygens (including phenoxy) is 4. The molecule has 2 saturated heterocycles. The number of aliphatic hydroxyl groups is 6. The fourth-order valence-corrected chi connectivity index (χ4v) is 4.70. The van der Waals surface area contributed by atoms with Gasteiger partial charge in [-0.2, -0.15) is 0 Å². The van der Waals surface area contributed by atoms with Gasteiger partial charge < -0.3 is 64.2 Å². The van der Waals surface area contributed by atoms with Crippen molar-refractivity contribution in [2.45, 2.75) is 75.3 Å². The van der Waals surface area contributed by atoms with Crippen molar-refractivity contribution in [2.75, 3.05) is 0 Å². The van der Waals surface area contributed by atoms with Crippen LogP contribution in [-0.2, 0) is 9.47 Å². The lowest BCUT2D eigenvalue weighted by Crippen LogP contribution is -2.58. The molecule has 3 heterocycles. The molecule has 222 valence electrons.